The highest BCUT2D eigenvalue weighted by Crippen LogP contribution is 2.42. The molecule has 124 valence electrons. The Balaban J connectivity index is 1.63. The first-order chi connectivity index (χ1) is 11.1. The van der Waals surface area contributed by atoms with Gasteiger partial charge in [-0.15, -0.1) is 11.8 Å². The van der Waals surface area contributed by atoms with E-state index in [2.05, 4.69) is 5.10 Å². The Morgan fingerprint density at radius 1 is 1.57 bits per heavy atom. The normalized spacial score (nSPS) is 18.1. The molecule has 0 spiro atoms. The standard InChI is InChI=1S/C15H18ClN3O2S2/c1-10-13(14(16)18(2)17-10)15-19(12(20)9-23-15)5-7-22-8-11-4-3-6-21-11/h3-4,6,15H,5,7-9H2,1-2H3. The fourth-order valence-electron chi connectivity index (χ4n) is 2.59. The molecule has 3 rings (SSSR count). The van der Waals surface area contributed by atoms with Crippen LogP contribution >= 0.6 is 35.1 Å². The van der Waals surface area contributed by atoms with Crippen molar-refractivity contribution < 1.29 is 9.21 Å². The zero-order valence-electron chi connectivity index (χ0n) is 13.0. The number of aryl methyl sites for hydroxylation is 2. The molecule has 1 atom stereocenters. The van der Waals surface area contributed by atoms with Gasteiger partial charge in [0.05, 0.1) is 23.5 Å². The smallest absolute Gasteiger partial charge is 0.233 e. The Morgan fingerprint density at radius 2 is 2.39 bits per heavy atom. The van der Waals surface area contributed by atoms with Crippen LogP contribution in [-0.2, 0) is 17.6 Å². The first-order valence-electron chi connectivity index (χ1n) is 7.28. The third kappa shape index (κ3) is 3.56. The maximum absolute atomic E-state index is 12.2. The number of hydrogen-bond acceptors (Lipinski definition) is 5. The highest BCUT2D eigenvalue weighted by Gasteiger charge is 2.36. The first kappa shape index (κ1) is 16.8. The summed E-state index contributed by atoms with van der Waals surface area (Å²) in [5.74, 6) is 3.30. The van der Waals surface area contributed by atoms with Crippen molar-refractivity contribution in [2.24, 2.45) is 7.05 Å². The molecule has 0 saturated carbocycles. The van der Waals surface area contributed by atoms with Gasteiger partial charge in [0.15, 0.2) is 0 Å². The van der Waals surface area contributed by atoms with E-state index in [1.807, 2.05) is 31.0 Å². The van der Waals surface area contributed by atoms with Crippen molar-refractivity contribution >= 4 is 41.0 Å². The monoisotopic (exact) mass is 371 g/mol. The van der Waals surface area contributed by atoms with E-state index >= 15 is 0 Å². The molecule has 1 aliphatic rings. The summed E-state index contributed by atoms with van der Waals surface area (Å²) in [6.45, 7) is 2.64. The summed E-state index contributed by atoms with van der Waals surface area (Å²) in [5, 5.41) is 4.94. The minimum atomic E-state index is -0.0343. The predicted molar refractivity (Wildman–Crippen MR) is 94.7 cm³/mol. The SMILES string of the molecule is Cc1nn(C)c(Cl)c1C1SCC(=O)N1CCSCc1ccco1. The lowest BCUT2D eigenvalue weighted by atomic mass is 10.2. The minimum Gasteiger partial charge on any atom is -0.468 e. The molecule has 1 unspecified atom stereocenters. The van der Waals surface area contributed by atoms with Crippen LogP contribution in [-0.4, -0.2) is 38.6 Å². The Kier molecular flexibility index (Phi) is 5.28. The van der Waals surface area contributed by atoms with Crippen molar-refractivity contribution in [3.05, 3.63) is 40.6 Å². The summed E-state index contributed by atoms with van der Waals surface area (Å²) in [5.41, 5.74) is 1.85. The summed E-state index contributed by atoms with van der Waals surface area (Å²) >= 11 is 9.75. The number of hydrogen-bond donors (Lipinski definition) is 0. The van der Waals surface area contributed by atoms with Gasteiger partial charge in [-0.3, -0.25) is 9.48 Å². The van der Waals surface area contributed by atoms with E-state index in [-0.39, 0.29) is 11.3 Å². The largest absolute Gasteiger partial charge is 0.468 e. The number of thioether (sulfide) groups is 2. The van der Waals surface area contributed by atoms with Gasteiger partial charge < -0.3 is 9.32 Å². The van der Waals surface area contributed by atoms with Crippen molar-refractivity contribution in [3.63, 3.8) is 0 Å². The maximum atomic E-state index is 12.2. The fraction of sp³-hybridized carbons (Fsp3) is 0.467. The summed E-state index contributed by atoms with van der Waals surface area (Å²) in [6.07, 6.45) is 1.68. The second kappa shape index (κ2) is 7.23. The molecule has 1 amide bonds. The molecule has 0 bridgehead atoms. The van der Waals surface area contributed by atoms with Crippen molar-refractivity contribution in [2.45, 2.75) is 18.1 Å². The molecular weight excluding hydrogens is 354 g/mol. The van der Waals surface area contributed by atoms with E-state index < -0.39 is 0 Å². The van der Waals surface area contributed by atoms with Crippen LogP contribution in [0.3, 0.4) is 0 Å². The average Bonchev–Trinajstić information content (AvgIpc) is 3.20. The van der Waals surface area contributed by atoms with Crippen LogP contribution in [0, 0.1) is 6.92 Å². The second-order valence-electron chi connectivity index (χ2n) is 5.30. The molecule has 5 nitrogen and oxygen atoms in total. The molecule has 0 aromatic carbocycles. The van der Waals surface area contributed by atoms with Gasteiger partial charge in [-0.1, -0.05) is 11.6 Å². The van der Waals surface area contributed by atoms with Gasteiger partial charge >= 0.3 is 0 Å². The summed E-state index contributed by atoms with van der Waals surface area (Å²) in [6, 6.07) is 3.85. The Morgan fingerprint density at radius 3 is 3.04 bits per heavy atom. The molecule has 0 aliphatic carbocycles. The van der Waals surface area contributed by atoms with Gasteiger partial charge in [-0.2, -0.15) is 16.9 Å². The third-order valence-electron chi connectivity index (χ3n) is 3.71. The highest BCUT2D eigenvalue weighted by molar-refractivity contribution is 8.00. The Hall–Kier alpha value is -1.05. The quantitative estimate of drug-likeness (QED) is 0.727. The lowest BCUT2D eigenvalue weighted by Crippen LogP contribution is -2.30. The zero-order valence-corrected chi connectivity index (χ0v) is 15.4. The number of halogens is 1. The average molecular weight is 372 g/mol. The van der Waals surface area contributed by atoms with Gasteiger partial charge in [-0.05, 0) is 19.1 Å². The number of nitrogens with zero attached hydrogens (tertiary/aromatic N) is 3. The van der Waals surface area contributed by atoms with Crippen LogP contribution < -0.4 is 0 Å². The van der Waals surface area contributed by atoms with Crippen molar-refractivity contribution in [3.8, 4) is 0 Å². The molecule has 1 aliphatic heterocycles. The lowest BCUT2D eigenvalue weighted by molar-refractivity contribution is -0.127. The molecular formula is C15H18ClN3O2S2. The molecule has 0 radical (unpaired) electrons. The molecule has 0 N–H and O–H groups in total. The molecule has 2 aromatic heterocycles. The zero-order chi connectivity index (χ0) is 16.4. The summed E-state index contributed by atoms with van der Waals surface area (Å²) in [4.78, 5) is 14.1. The van der Waals surface area contributed by atoms with Crippen molar-refractivity contribution in [1.29, 1.82) is 0 Å². The van der Waals surface area contributed by atoms with E-state index in [0.717, 1.165) is 28.5 Å². The van der Waals surface area contributed by atoms with Crippen molar-refractivity contribution in [2.75, 3.05) is 18.1 Å². The number of furan rings is 1. The molecule has 1 saturated heterocycles. The molecule has 2 aromatic rings. The van der Waals surface area contributed by atoms with E-state index in [4.69, 9.17) is 16.0 Å². The topological polar surface area (TPSA) is 51.3 Å². The number of amides is 1. The number of aromatic nitrogens is 2. The molecule has 3 heterocycles. The highest BCUT2D eigenvalue weighted by atomic mass is 35.5. The van der Waals surface area contributed by atoms with Gasteiger partial charge in [0.1, 0.15) is 16.3 Å². The van der Waals surface area contributed by atoms with E-state index in [9.17, 15) is 4.79 Å². The lowest BCUT2D eigenvalue weighted by Gasteiger charge is -2.23. The van der Waals surface area contributed by atoms with Gasteiger partial charge in [0, 0.05) is 24.9 Å². The molecule has 23 heavy (non-hydrogen) atoms. The summed E-state index contributed by atoms with van der Waals surface area (Å²) < 4.78 is 6.98. The van der Waals surface area contributed by atoms with E-state index in [0.29, 0.717) is 17.5 Å². The first-order valence-corrected chi connectivity index (χ1v) is 9.86. The number of carbonyl (C=O) groups excluding carboxylic acids is 1. The van der Waals surface area contributed by atoms with Crippen LogP contribution in [0.1, 0.15) is 22.4 Å². The second-order valence-corrected chi connectivity index (χ2v) is 7.83. The number of rotatable bonds is 6. The van der Waals surface area contributed by atoms with Gasteiger partial charge in [0.2, 0.25) is 5.91 Å². The summed E-state index contributed by atoms with van der Waals surface area (Å²) in [7, 11) is 1.82. The van der Waals surface area contributed by atoms with E-state index in [1.54, 1.807) is 34.5 Å². The van der Waals surface area contributed by atoms with Crippen LogP contribution in [0.4, 0.5) is 0 Å². The maximum Gasteiger partial charge on any atom is 0.233 e. The van der Waals surface area contributed by atoms with Crippen molar-refractivity contribution in [1.82, 2.24) is 14.7 Å². The van der Waals surface area contributed by atoms with Crippen LogP contribution in [0.15, 0.2) is 22.8 Å². The van der Waals surface area contributed by atoms with Crippen LogP contribution in [0.2, 0.25) is 5.15 Å². The number of carbonyl (C=O) groups is 1. The van der Waals surface area contributed by atoms with Gasteiger partial charge in [-0.25, -0.2) is 0 Å². The third-order valence-corrected chi connectivity index (χ3v) is 6.34. The predicted octanol–water partition coefficient (Wildman–Crippen LogP) is 3.48. The molecule has 8 heteroatoms. The fourth-order valence-corrected chi connectivity index (χ4v) is 5.09. The van der Waals surface area contributed by atoms with E-state index in [1.165, 1.54) is 0 Å². The Labute approximate surface area is 148 Å². The minimum absolute atomic E-state index is 0.0343. The van der Waals surface area contributed by atoms with Gasteiger partial charge in [0.25, 0.3) is 0 Å². The Bertz CT molecular complexity index is 687. The van der Waals surface area contributed by atoms with Crippen LogP contribution in [0.5, 0.6) is 0 Å². The molecule has 1 fully saturated rings. The van der Waals surface area contributed by atoms with Crippen LogP contribution in [0.25, 0.3) is 0 Å².